The quantitative estimate of drug-likeness (QED) is 0.846. The Kier molecular flexibility index (Phi) is 3.56. The van der Waals surface area contributed by atoms with E-state index in [9.17, 15) is 9.90 Å². The predicted molar refractivity (Wildman–Crippen MR) is 66.1 cm³/mol. The SMILES string of the molecule is O=C1CC=CC(O)C1Cc1ccc(Br)cc1. The number of aliphatic hydroxyl groups excluding tert-OH is 1. The van der Waals surface area contributed by atoms with Crippen LogP contribution in [0.25, 0.3) is 0 Å². The van der Waals surface area contributed by atoms with Gasteiger partial charge in [-0.1, -0.05) is 40.2 Å². The van der Waals surface area contributed by atoms with E-state index in [1.807, 2.05) is 24.3 Å². The highest BCUT2D eigenvalue weighted by Crippen LogP contribution is 2.21. The molecule has 1 aromatic carbocycles. The van der Waals surface area contributed by atoms with Crippen molar-refractivity contribution < 1.29 is 9.90 Å². The van der Waals surface area contributed by atoms with Crippen molar-refractivity contribution in [3.8, 4) is 0 Å². The van der Waals surface area contributed by atoms with Crippen LogP contribution in [0.3, 0.4) is 0 Å². The molecule has 0 heterocycles. The zero-order valence-corrected chi connectivity index (χ0v) is 10.4. The summed E-state index contributed by atoms with van der Waals surface area (Å²) < 4.78 is 1.02. The number of carbonyl (C=O) groups excluding carboxylic acids is 1. The van der Waals surface area contributed by atoms with E-state index in [-0.39, 0.29) is 11.7 Å². The molecule has 2 atom stereocenters. The molecule has 2 nitrogen and oxygen atoms in total. The van der Waals surface area contributed by atoms with E-state index in [2.05, 4.69) is 15.9 Å². The van der Waals surface area contributed by atoms with E-state index in [1.165, 1.54) is 0 Å². The molecule has 0 spiro atoms. The van der Waals surface area contributed by atoms with Crippen LogP contribution in [0.5, 0.6) is 0 Å². The molecule has 0 aromatic heterocycles. The van der Waals surface area contributed by atoms with Gasteiger partial charge in [0, 0.05) is 10.9 Å². The van der Waals surface area contributed by atoms with E-state index in [0.717, 1.165) is 10.0 Å². The summed E-state index contributed by atoms with van der Waals surface area (Å²) >= 11 is 3.37. The van der Waals surface area contributed by atoms with Crippen molar-refractivity contribution in [1.29, 1.82) is 0 Å². The van der Waals surface area contributed by atoms with Crippen LogP contribution in [0.15, 0.2) is 40.9 Å². The Labute approximate surface area is 103 Å². The second kappa shape index (κ2) is 4.93. The van der Waals surface area contributed by atoms with Crippen molar-refractivity contribution in [1.82, 2.24) is 0 Å². The average Bonchev–Trinajstić information content (AvgIpc) is 2.26. The third kappa shape index (κ3) is 2.60. The number of benzene rings is 1. The van der Waals surface area contributed by atoms with Gasteiger partial charge in [0.1, 0.15) is 5.78 Å². The Balaban J connectivity index is 2.11. The molecule has 2 unspecified atom stereocenters. The fourth-order valence-corrected chi connectivity index (χ4v) is 2.17. The summed E-state index contributed by atoms with van der Waals surface area (Å²) in [7, 11) is 0. The van der Waals surface area contributed by atoms with Crippen molar-refractivity contribution in [3.05, 3.63) is 46.5 Å². The van der Waals surface area contributed by atoms with Gasteiger partial charge in [0.05, 0.1) is 12.0 Å². The molecule has 16 heavy (non-hydrogen) atoms. The maximum absolute atomic E-state index is 11.7. The molecule has 0 fully saturated rings. The summed E-state index contributed by atoms with van der Waals surface area (Å²) in [6.45, 7) is 0. The topological polar surface area (TPSA) is 37.3 Å². The number of allylic oxidation sites excluding steroid dienone is 1. The molecular weight excluding hydrogens is 268 g/mol. The molecule has 0 amide bonds. The molecule has 0 aliphatic heterocycles. The molecule has 1 aliphatic rings. The standard InChI is InChI=1S/C13H13BrO2/c14-10-6-4-9(5-7-10)8-11-12(15)2-1-3-13(11)16/h1-2,4-7,11-12,15H,3,8H2. The van der Waals surface area contributed by atoms with E-state index < -0.39 is 6.10 Å². The number of hydrogen-bond acceptors (Lipinski definition) is 2. The number of aliphatic hydroxyl groups is 1. The maximum Gasteiger partial charge on any atom is 0.142 e. The number of halogens is 1. The molecule has 0 bridgehead atoms. The summed E-state index contributed by atoms with van der Waals surface area (Å²) in [5.41, 5.74) is 1.08. The van der Waals surface area contributed by atoms with Gasteiger partial charge in [-0.05, 0) is 24.1 Å². The summed E-state index contributed by atoms with van der Waals surface area (Å²) in [6.07, 6.45) is 3.87. The van der Waals surface area contributed by atoms with Gasteiger partial charge in [-0.3, -0.25) is 4.79 Å². The average molecular weight is 281 g/mol. The number of hydrogen-bond donors (Lipinski definition) is 1. The van der Waals surface area contributed by atoms with E-state index in [0.29, 0.717) is 12.8 Å². The van der Waals surface area contributed by atoms with Crippen molar-refractivity contribution in [3.63, 3.8) is 0 Å². The van der Waals surface area contributed by atoms with Crippen LogP contribution in [0, 0.1) is 5.92 Å². The number of rotatable bonds is 2. The van der Waals surface area contributed by atoms with Crippen LogP contribution in [0.4, 0.5) is 0 Å². The lowest BCUT2D eigenvalue weighted by Gasteiger charge is -2.22. The van der Waals surface area contributed by atoms with Gasteiger partial charge in [-0.2, -0.15) is 0 Å². The Morgan fingerprint density at radius 3 is 2.62 bits per heavy atom. The second-order valence-corrected chi connectivity index (χ2v) is 4.94. The van der Waals surface area contributed by atoms with Crippen LogP contribution >= 0.6 is 15.9 Å². The first kappa shape index (κ1) is 11.6. The van der Waals surface area contributed by atoms with Gasteiger partial charge in [0.2, 0.25) is 0 Å². The number of Topliss-reactive ketones (excluding diaryl/α,β-unsaturated/α-hetero) is 1. The molecule has 84 valence electrons. The number of carbonyl (C=O) groups is 1. The fraction of sp³-hybridized carbons (Fsp3) is 0.308. The van der Waals surface area contributed by atoms with Gasteiger partial charge in [0.25, 0.3) is 0 Å². The van der Waals surface area contributed by atoms with Gasteiger partial charge < -0.3 is 5.11 Å². The normalized spacial score (nSPS) is 24.8. The van der Waals surface area contributed by atoms with Gasteiger partial charge in [-0.15, -0.1) is 0 Å². The third-order valence-corrected chi connectivity index (χ3v) is 3.38. The lowest BCUT2D eigenvalue weighted by atomic mass is 9.85. The molecule has 0 radical (unpaired) electrons. The Morgan fingerprint density at radius 2 is 2.00 bits per heavy atom. The Bertz CT molecular complexity index is 408. The first-order valence-corrected chi connectivity index (χ1v) is 6.08. The van der Waals surface area contributed by atoms with Gasteiger partial charge in [-0.25, -0.2) is 0 Å². The van der Waals surface area contributed by atoms with Crippen molar-refractivity contribution >= 4 is 21.7 Å². The number of ketones is 1. The highest BCUT2D eigenvalue weighted by atomic mass is 79.9. The highest BCUT2D eigenvalue weighted by Gasteiger charge is 2.27. The Morgan fingerprint density at radius 1 is 1.31 bits per heavy atom. The molecular formula is C13H13BrO2. The molecule has 0 saturated heterocycles. The Hall–Kier alpha value is -0.930. The largest absolute Gasteiger partial charge is 0.388 e. The fourth-order valence-electron chi connectivity index (χ4n) is 1.91. The molecule has 3 heteroatoms. The summed E-state index contributed by atoms with van der Waals surface area (Å²) in [5, 5.41) is 9.74. The summed E-state index contributed by atoms with van der Waals surface area (Å²) in [4.78, 5) is 11.7. The van der Waals surface area contributed by atoms with Crippen molar-refractivity contribution in [2.24, 2.45) is 5.92 Å². The summed E-state index contributed by atoms with van der Waals surface area (Å²) in [5.74, 6) is -0.163. The minimum atomic E-state index is -0.634. The molecule has 1 aliphatic carbocycles. The zero-order valence-electron chi connectivity index (χ0n) is 8.77. The molecule has 1 N–H and O–H groups in total. The predicted octanol–water partition coefficient (Wildman–Crippen LogP) is 2.50. The minimum absolute atomic E-state index is 0.123. The first-order valence-electron chi connectivity index (χ1n) is 5.28. The van der Waals surface area contributed by atoms with Crippen molar-refractivity contribution in [2.75, 3.05) is 0 Å². The van der Waals surface area contributed by atoms with Crippen LogP contribution in [0.2, 0.25) is 0 Å². The first-order chi connectivity index (χ1) is 7.66. The monoisotopic (exact) mass is 280 g/mol. The lowest BCUT2D eigenvalue weighted by molar-refractivity contribution is -0.125. The lowest BCUT2D eigenvalue weighted by Crippen LogP contribution is -2.31. The molecule has 1 aromatic rings. The van der Waals surface area contributed by atoms with E-state index >= 15 is 0 Å². The molecule has 0 saturated carbocycles. The van der Waals surface area contributed by atoms with Crippen LogP contribution in [-0.2, 0) is 11.2 Å². The van der Waals surface area contributed by atoms with Gasteiger partial charge >= 0.3 is 0 Å². The second-order valence-electron chi connectivity index (χ2n) is 4.03. The maximum atomic E-state index is 11.7. The van der Waals surface area contributed by atoms with E-state index in [1.54, 1.807) is 12.2 Å². The van der Waals surface area contributed by atoms with Crippen LogP contribution in [-0.4, -0.2) is 17.0 Å². The molecule has 2 rings (SSSR count). The third-order valence-electron chi connectivity index (χ3n) is 2.85. The van der Waals surface area contributed by atoms with E-state index in [4.69, 9.17) is 0 Å². The van der Waals surface area contributed by atoms with Crippen LogP contribution < -0.4 is 0 Å². The smallest absolute Gasteiger partial charge is 0.142 e. The van der Waals surface area contributed by atoms with Crippen LogP contribution in [0.1, 0.15) is 12.0 Å². The summed E-state index contributed by atoms with van der Waals surface area (Å²) in [6, 6.07) is 7.85. The van der Waals surface area contributed by atoms with Crippen molar-refractivity contribution in [2.45, 2.75) is 18.9 Å². The minimum Gasteiger partial charge on any atom is -0.388 e. The highest BCUT2D eigenvalue weighted by molar-refractivity contribution is 9.10. The zero-order chi connectivity index (χ0) is 11.5. The van der Waals surface area contributed by atoms with Gasteiger partial charge in [0.15, 0.2) is 0 Å².